The van der Waals surface area contributed by atoms with Crippen LogP contribution in [0, 0.1) is 0 Å². The van der Waals surface area contributed by atoms with Gasteiger partial charge >= 0.3 is 21.2 Å². The van der Waals surface area contributed by atoms with Crippen molar-refractivity contribution in [2.75, 3.05) is 26.4 Å². The van der Waals surface area contributed by atoms with E-state index in [1.54, 1.807) is 52.0 Å². The van der Waals surface area contributed by atoms with Crippen molar-refractivity contribution in [2.45, 2.75) is 59.0 Å². The molecule has 11 heteroatoms. The van der Waals surface area contributed by atoms with Crippen molar-refractivity contribution < 1.29 is 41.9 Å². The van der Waals surface area contributed by atoms with E-state index in [-0.39, 0.29) is 52.3 Å². The summed E-state index contributed by atoms with van der Waals surface area (Å²) < 4.78 is 53.8. The Morgan fingerprint density at radius 2 is 1.32 bits per heavy atom. The van der Waals surface area contributed by atoms with E-state index >= 15 is 0 Å². The van der Waals surface area contributed by atoms with Crippen LogP contribution in [0.4, 0.5) is 0 Å². The van der Waals surface area contributed by atoms with Gasteiger partial charge in [0.25, 0.3) is 0 Å². The number of hydrogen-bond donors (Lipinski definition) is 1. The first-order valence-corrected chi connectivity index (χ1v) is 13.7. The summed E-state index contributed by atoms with van der Waals surface area (Å²) in [7, 11) is -7.67. The number of aliphatic hydroxyl groups excluding tert-OH is 1. The highest BCUT2D eigenvalue weighted by molar-refractivity contribution is 7.72. The lowest BCUT2D eigenvalue weighted by Crippen LogP contribution is -2.19. The topological polar surface area (TPSA) is 118 Å². The highest BCUT2D eigenvalue weighted by Gasteiger charge is 2.50. The van der Waals surface area contributed by atoms with E-state index in [1.165, 1.54) is 0 Å². The molecule has 0 atom stereocenters. The Morgan fingerprint density at radius 3 is 1.71 bits per heavy atom. The molecule has 0 bridgehead atoms. The van der Waals surface area contributed by atoms with Gasteiger partial charge in [0.1, 0.15) is 5.75 Å². The first kappa shape index (κ1) is 28.0. The molecule has 1 N–H and O–H groups in total. The van der Waals surface area contributed by atoms with Crippen LogP contribution in [0.25, 0.3) is 0 Å². The van der Waals surface area contributed by atoms with Crippen LogP contribution < -0.4 is 4.74 Å². The Hall–Kier alpha value is -1.05. The summed E-state index contributed by atoms with van der Waals surface area (Å²) >= 11 is 0. The van der Waals surface area contributed by atoms with E-state index in [9.17, 15) is 13.9 Å². The highest BCUT2D eigenvalue weighted by atomic mass is 31.2. The van der Waals surface area contributed by atoms with E-state index in [0.29, 0.717) is 11.3 Å². The lowest BCUT2D eigenvalue weighted by atomic mass is 10.2. The normalized spacial score (nSPS) is 12.3. The zero-order valence-corrected chi connectivity index (χ0v) is 20.4. The molecule has 0 amide bonds. The second-order valence-electron chi connectivity index (χ2n) is 6.40. The monoisotopic (exact) mass is 480 g/mol. The minimum atomic E-state index is -3.83. The van der Waals surface area contributed by atoms with E-state index in [4.69, 9.17) is 27.9 Å². The molecule has 0 spiro atoms. The molecule has 0 aromatic heterocycles. The lowest BCUT2D eigenvalue weighted by Gasteiger charge is -2.31. The van der Waals surface area contributed by atoms with E-state index < -0.39 is 26.6 Å². The van der Waals surface area contributed by atoms with Crippen LogP contribution in [0.3, 0.4) is 0 Å². The fraction of sp³-hybridized carbons (Fsp3) is 0.650. The smallest absolute Gasteiger partial charge is 0.345 e. The molecule has 0 saturated heterocycles. The van der Waals surface area contributed by atoms with Crippen LogP contribution in [0.2, 0.25) is 0 Å². The maximum atomic E-state index is 13.4. The average molecular weight is 480 g/mol. The van der Waals surface area contributed by atoms with Crippen molar-refractivity contribution in [3.63, 3.8) is 0 Å². The molecule has 0 aliphatic heterocycles. The van der Waals surface area contributed by atoms with Crippen molar-refractivity contribution in [2.24, 2.45) is 0 Å². The maximum Gasteiger partial charge on any atom is 0.345 e. The van der Waals surface area contributed by atoms with Gasteiger partial charge < -0.3 is 27.9 Å². The molecule has 0 aliphatic carbocycles. The zero-order chi connectivity index (χ0) is 23.3. The molecule has 0 unspecified atom stereocenters. The van der Waals surface area contributed by atoms with Gasteiger partial charge in [-0.2, -0.15) is 0 Å². The number of hydrogen-bond acceptors (Lipinski definition) is 9. The van der Waals surface area contributed by atoms with Gasteiger partial charge in [-0.15, -0.1) is 0 Å². The second kappa shape index (κ2) is 14.2. The van der Waals surface area contributed by atoms with E-state index in [2.05, 4.69) is 0 Å². The Bertz CT molecular complexity index is 702. The predicted octanol–water partition coefficient (Wildman–Crippen LogP) is 5.11. The molecule has 31 heavy (non-hydrogen) atoms. The summed E-state index contributed by atoms with van der Waals surface area (Å²) in [6.45, 7) is 6.92. The number of aliphatic hydroxyl groups is 1. The summed E-state index contributed by atoms with van der Waals surface area (Å²) in [6.07, 6.45) is 0.272. The molecule has 178 valence electrons. The Kier molecular flexibility index (Phi) is 12.8. The number of carbonyl (C=O) groups is 1. The molecule has 0 heterocycles. The Balaban J connectivity index is 2.92. The fourth-order valence-corrected chi connectivity index (χ4v) is 8.36. The standard InChI is InChI=1S/C20H34O9P2/c1-5-25-30(23,26-6-2)20(31(24,27-7-3)28-8-4)11-9-10-19(22)29-18-14-12-17(16-21)13-15-18/h12-15,20-21H,5-11,16H2,1-4H3. The molecule has 1 aromatic carbocycles. The number of rotatable bonds is 16. The van der Waals surface area contributed by atoms with Crippen molar-refractivity contribution in [1.82, 2.24) is 0 Å². The molecule has 1 aromatic rings. The third-order valence-corrected chi connectivity index (χ3v) is 10.3. The molecule has 0 radical (unpaired) electrons. The van der Waals surface area contributed by atoms with Gasteiger partial charge in [-0.1, -0.05) is 12.1 Å². The van der Waals surface area contributed by atoms with Crippen LogP contribution in [0.15, 0.2) is 24.3 Å². The summed E-state index contributed by atoms with van der Waals surface area (Å²) in [5.41, 5.74) is 0.702. The van der Waals surface area contributed by atoms with Crippen LogP contribution in [-0.4, -0.2) is 42.9 Å². The number of benzene rings is 1. The van der Waals surface area contributed by atoms with Crippen LogP contribution >= 0.6 is 15.2 Å². The second-order valence-corrected chi connectivity index (χ2v) is 11.2. The third kappa shape index (κ3) is 8.78. The van der Waals surface area contributed by atoms with Crippen LogP contribution in [-0.2, 0) is 38.6 Å². The minimum absolute atomic E-state index is 0.00521. The highest BCUT2D eigenvalue weighted by Crippen LogP contribution is 2.71. The Labute approximate surface area is 184 Å². The van der Waals surface area contributed by atoms with Crippen molar-refractivity contribution in [3.8, 4) is 5.75 Å². The van der Waals surface area contributed by atoms with Crippen LogP contribution in [0.5, 0.6) is 5.75 Å². The molecular formula is C20H34O9P2. The molecular weight excluding hydrogens is 446 g/mol. The maximum absolute atomic E-state index is 13.4. The molecule has 1 rings (SSSR count). The minimum Gasteiger partial charge on any atom is -0.427 e. The summed E-state index contributed by atoms with van der Waals surface area (Å²) in [6, 6.07) is 6.48. The molecule has 9 nitrogen and oxygen atoms in total. The fourth-order valence-electron chi connectivity index (χ4n) is 2.90. The number of carbonyl (C=O) groups excluding carboxylic acids is 1. The van der Waals surface area contributed by atoms with Gasteiger partial charge in [0.05, 0.1) is 33.0 Å². The van der Waals surface area contributed by atoms with E-state index in [0.717, 1.165) is 0 Å². The van der Waals surface area contributed by atoms with Gasteiger partial charge in [-0.25, -0.2) is 0 Å². The van der Waals surface area contributed by atoms with Crippen LogP contribution in [0.1, 0.15) is 52.5 Å². The zero-order valence-electron chi connectivity index (χ0n) is 18.7. The number of esters is 1. The van der Waals surface area contributed by atoms with Crippen molar-refractivity contribution in [1.29, 1.82) is 0 Å². The predicted molar refractivity (Wildman–Crippen MR) is 117 cm³/mol. The molecule has 0 saturated carbocycles. The number of ether oxygens (including phenoxy) is 1. The third-order valence-electron chi connectivity index (χ3n) is 4.15. The largest absolute Gasteiger partial charge is 0.427 e. The summed E-state index contributed by atoms with van der Waals surface area (Å²) in [5.74, 6) is -0.150. The van der Waals surface area contributed by atoms with Gasteiger partial charge in [0, 0.05) is 6.42 Å². The van der Waals surface area contributed by atoms with Crippen molar-refractivity contribution in [3.05, 3.63) is 29.8 Å². The average Bonchev–Trinajstić information content (AvgIpc) is 2.72. The van der Waals surface area contributed by atoms with Gasteiger partial charge in [0.15, 0.2) is 5.40 Å². The van der Waals surface area contributed by atoms with E-state index in [1.807, 2.05) is 0 Å². The van der Waals surface area contributed by atoms with Crippen molar-refractivity contribution >= 4 is 21.2 Å². The van der Waals surface area contributed by atoms with Gasteiger partial charge in [-0.05, 0) is 58.2 Å². The summed E-state index contributed by atoms with van der Waals surface area (Å²) in [4.78, 5) is 12.2. The first-order chi connectivity index (χ1) is 14.8. The molecule has 0 fully saturated rings. The molecule has 0 aliphatic rings. The first-order valence-electron chi connectivity index (χ1n) is 10.5. The quantitative estimate of drug-likeness (QED) is 0.196. The van der Waals surface area contributed by atoms with Gasteiger partial charge in [-0.3, -0.25) is 13.9 Å². The SMILES string of the molecule is CCOP(=O)(OCC)C(CCCC(=O)Oc1ccc(CO)cc1)P(=O)(OCC)OCC. The van der Waals surface area contributed by atoms with Gasteiger partial charge in [0.2, 0.25) is 0 Å². The lowest BCUT2D eigenvalue weighted by molar-refractivity contribution is -0.134. The Morgan fingerprint density at radius 1 is 0.871 bits per heavy atom. The summed E-state index contributed by atoms with van der Waals surface area (Å²) in [5, 5.41) is 7.91.